The zero-order valence-corrected chi connectivity index (χ0v) is 23.2. The summed E-state index contributed by atoms with van der Waals surface area (Å²) in [7, 11) is 11.2. The van der Waals surface area contributed by atoms with Crippen LogP contribution in [0.5, 0.6) is 5.75 Å². The Labute approximate surface area is 243 Å². The number of carbonyl (C=O) groups excluding carboxylic acids is 2. The van der Waals surface area contributed by atoms with E-state index >= 15 is 0 Å². The van der Waals surface area contributed by atoms with E-state index in [4.69, 9.17) is 32.8 Å². The Morgan fingerprint density at radius 3 is 1.83 bits per heavy atom. The van der Waals surface area contributed by atoms with E-state index in [1.165, 1.54) is 12.1 Å². The average molecular weight is 618 g/mol. The first-order valence-corrected chi connectivity index (χ1v) is 14.7. The lowest BCUT2D eigenvalue weighted by molar-refractivity contribution is -0.363. The second kappa shape index (κ2) is 12.5. The molecule has 6 radical (unpaired) electrons. The first-order chi connectivity index (χ1) is 19.3. The highest BCUT2D eigenvalue weighted by Crippen LogP contribution is 2.54. The molecule has 2 aliphatic carbocycles. The number of fused-ring (bicyclic) bond motifs is 2. The van der Waals surface area contributed by atoms with Crippen LogP contribution in [0.15, 0.2) is 12.1 Å². The topological polar surface area (TPSA) is 107 Å². The molecule has 0 aromatic heterocycles. The molecule has 3 rings (SSSR count). The molecule has 0 amide bonds. The van der Waals surface area contributed by atoms with Crippen molar-refractivity contribution in [2.24, 2.45) is 17.3 Å². The molecule has 1 aromatic rings. The number of alkyl halides is 6. The van der Waals surface area contributed by atoms with Gasteiger partial charge in [0.05, 0.1) is 35.4 Å². The normalized spacial score (nSPS) is 23.3. The van der Waals surface area contributed by atoms with Crippen molar-refractivity contribution >= 4 is 45.6 Å². The van der Waals surface area contributed by atoms with Crippen LogP contribution in [0.2, 0.25) is 0 Å². The van der Waals surface area contributed by atoms with E-state index in [2.05, 4.69) is 4.74 Å². The Balaban J connectivity index is 2.06. The fourth-order valence-corrected chi connectivity index (χ4v) is 7.04. The van der Waals surface area contributed by atoms with Crippen molar-refractivity contribution in [1.29, 1.82) is 0 Å². The summed E-state index contributed by atoms with van der Waals surface area (Å²) in [5.41, 5.74) is -6.61. The van der Waals surface area contributed by atoms with Gasteiger partial charge < -0.3 is 9.47 Å². The van der Waals surface area contributed by atoms with Crippen LogP contribution < -0.4 is 4.74 Å². The Morgan fingerprint density at radius 2 is 1.43 bits per heavy atom. The molecule has 0 heterocycles. The molecule has 2 aliphatic rings. The van der Waals surface area contributed by atoms with Crippen LogP contribution in [0, 0.1) is 17.3 Å². The van der Waals surface area contributed by atoms with Crippen LogP contribution in [0.4, 0.5) is 26.3 Å². The molecule has 0 spiro atoms. The van der Waals surface area contributed by atoms with Gasteiger partial charge in [0.1, 0.15) is 11.5 Å². The van der Waals surface area contributed by atoms with Crippen molar-refractivity contribution in [2.45, 2.75) is 81.9 Å². The molecular weight excluding hydrogens is 591 g/mol. The highest BCUT2D eigenvalue weighted by atomic mass is 32.2. The van der Waals surface area contributed by atoms with Crippen LogP contribution >= 0.6 is 0 Å². The monoisotopic (exact) mass is 618 g/mol. The fraction of sp³-hybridized carbons (Fsp3) is 0.680. The van der Waals surface area contributed by atoms with E-state index in [1.807, 2.05) is 0 Å². The molecule has 1 aromatic carbocycles. The van der Waals surface area contributed by atoms with Gasteiger partial charge in [-0.3, -0.25) is 14.1 Å². The van der Waals surface area contributed by atoms with Gasteiger partial charge in [0.15, 0.2) is 0 Å². The van der Waals surface area contributed by atoms with Crippen molar-refractivity contribution in [3.63, 3.8) is 0 Å². The summed E-state index contributed by atoms with van der Waals surface area (Å²) in [6.45, 7) is 0. The molecule has 2 atom stereocenters. The van der Waals surface area contributed by atoms with Crippen LogP contribution in [-0.2, 0) is 43.4 Å². The maximum atomic E-state index is 14.0. The van der Waals surface area contributed by atoms with Gasteiger partial charge in [0.2, 0.25) is 0 Å². The molecule has 0 saturated heterocycles. The van der Waals surface area contributed by atoms with Gasteiger partial charge in [-0.25, -0.2) is 0 Å². The van der Waals surface area contributed by atoms with Crippen molar-refractivity contribution in [1.82, 2.24) is 0 Å². The van der Waals surface area contributed by atoms with Gasteiger partial charge in [-0.15, -0.1) is 0 Å². The minimum atomic E-state index is -6.50. The number of rotatable bonds is 10. The van der Waals surface area contributed by atoms with Gasteiger partial charge in [-0.05, 0) is 42.2 Å². The number of carbonyl (C=O) groups is 2. The van der Waals surface area contributed by atoms with Crippen LogP contribution in [0.25, 0.3) is 0 Å². The summed E-state index contributed by atoms with van der Waals surface area (Å²) >= 11 is 0. The maximum Gasteiger partial charge on any atom is 0.438 e. The number of benzene rings is 1. The minimum absolute atomic E-state index is 0.0759. The van der Waals surface area contributed by atoms with E-state index in [-0.39, 0.29) is 49.4 Å². The highest BCUT2D eigenvalue weighted by molar-refractivity contribution is 7.85. The molecule has 7 nitrogen and oxygen atoms in total. The van der Waals surface area contributed by atoms with Crippen molar-refractivity contribution < 1.29 is 58.4 Å². The minimum Gasteiger partial charge on any atom is -0.438 e. The first-order valence-electron chi connectivity index (χ1n) is 13.1. The fourth-order valence-electron chi connectivity index (χ4n) is 6.14. The molecule has 17 heteroatoms. The van der Waals surface area contributed by atoms with Gasteiger partial charge in [0, 0.05) is 0 Å². The number of esters is 2. The van der Waals surface area contributed by atoms with Crippen LogP contribution in [0.1, 0.15) is 61.6 Å². The molecule has 2 bridgehead atoms. The van der Waals surface area contributed by atoms with E-state index < -0.39 is 57.6 Å². The Morgan fingerprint density at radius 1 is 0.929 bits per heavy atom. The maximum absolute atomic E-state index is 14.0. The van der Waals surface area contributed by atoms with Crippen LogP contribution in [-0.4, -0.2) is 72.2 Å². The summed E-state index contributed by atoms with van der Waals surface area (Å²) in [5, 5.41) is 0. The number of halogens is 6. The van der Waals surface area contributed by atoms with Crippen molar-refractivity contribution in [3.05, 3.63) is 28.8 Å². The molecular formula is C25H27B3F6O7S. The Bertz CT molecular complexity index is 1240. The third-order valence-electron chi connectivity index (χ3n) is 7.93. The lowest BCUT2D eigenvalue weighted by Gasteiger charge is -2.46. The highest BCUT2D eigenvalue weighted by Gasteiger charge is 2.76. The second-order valence-electron chi connectivity index (χ2n) is 11.0. The Kier molecular flexibility index (Phi) is 10.2. The number of ether oxygens (including phenoxy) is 2. The quantitative estimate of drug-likeness (QED) is 0.140. The Hall–Kier alpha value is -2.16. The predicted octanol–water partition coefficient (Wildman–Crippen LogP) is 3.87. The standard InChI is InChI=1S/C25H27B3F6O7S/c26-10-16-5-17(11-27)20(18(6-16)12-28)40-19(35)9-22(7-14-2-1-3-15(4-14)8-22)21(36)41-23(24(29,30)31,25(32,33)34)13-42(37,38)39/h5-6,14-15H,1-4,7-13H2,(H,37,38,39). The van der Waals surface area contributed by atoms with E-state index in [0.29, 0.717) is 42.4 Å². The van der Waals surface area contributed by atoms with Gasteiger partial charge in [0.25, 0.3) is 10.1 Å². The largest absolute Gasteiger partial charge is 0.438 e. The SMILES string of the molecule is [B]Cc1cc(C[B])c(OC(=O)CC2(C(=O)OC(CS(=O)(=O)O)(C(F)(F)F)C(F)(F)F)CC3CCCC(C3)C2)c(C[B])c1. The number of hydrogen-bond acceptors (Lipinski definition) is 6. The zero-order chi connectivity index (χ0) is 31.7. The summed E-state index contributed by atoms with van der Waals surface area (Å²) in [4.78, 5) is 26.8. The summed E-state index contributed by atoms with van der Waals surface area (Å²) in [5.74, 6) is -6.98. The average Bonchev–Trinajstić information content (AvgIpc) is 2.85. The van der Waals surface area contributed by atoms with Crippen molar-refractivity contribution in [2.75, 3.05) is 5.75 Å². The lowest BCUT2D eigenvalue weighted by atomic mass is 9.59. The molecule has 226 valence electrons. The van der Waals surface area contributed by atoms with Crippen LogP contribution in [0.3, 0.4) is 0 Å². The van der Waals surface area contributed by atoms with Gasteiger partial charge in [-0.1, -0.05) is 55.9 Å². The predicted molar refractivity (Wildman–Crippen MR) is 140 cm³/mol. The lowest BCUT2D eigenvalue weighted by Crippen LogP contribution is -2.64. The molecule has 1 N–H and O–H groups in total. The van der Waals surface area contributed by atoms with Gasteiger partial charge >= 0.3 is 29.9 Å². The summed E-state index contributed by atoms with van der Waals surface area (Å²) in [6, 6.07) is 3.07. The zero-order valence-electron chi connectivity index (χ0n) is 22.4. The molecule has 2 saturated carbocycles. The first kappa shape index (κ1) is 34.3. The third kappa shape index (κ3) is 7.31. The second-order valence-corrected chi connectivity index (χ2v) is 12.5. The van der Waals surface area contributed by atoms with Gasteiger partial charge in [-0.2, -0.15) is 34.8 Å². The summed E-state index contributed by atoms with van der Waals surface area (Å²) < 4.78 is 125. The number of hydrogen-bond donors (Lipinski definition) is 1. The molecule has 2 unspecified atom stereocenters. The molecule has 0 aliphatic heterocycles. The molecule has 42 heavy (non-hydrogen) atoms. The van der Waals surface area contributed by atoms with Crippen molar-refractivity contribution in [3.8, 4) is 5.75 Å². The van der Waals surface area contributed by atoms with E-state index in [9.17, 15) is 44.3 Å². The smallest absolute Gasteiger partial charge is 0.438 e. The third-order valence-corrected chi connectivity index (χ3v) is 8.70. The van der Waals surface area contributed by atoms with E-state index in [1.54, 1.807) is 0 Å². The summed E-state index contributed by atoms with van der Waals surface area (Å²) in [6.07, 6.45) is -12.5. The molecule has 2 fully saturated rings. The van der Waals surface area contributed by atoms with E-state index in [0.717, 1.165) is 0 Å².